The first-order valence-electron chi connectivity index (χ1n) is 12.5. The lowest BCUT2D eigenvalue weighted by Crippen LogP contribution is -2.61. The smallest absolute Gasteiger partial charge is 0.238 e. The number of carbonyl (C=O) groups is 1. The summed E-state index contributed by atoms with van der Waals surface area (Å²) in [6.07, 6.45) is 5.08. The predicted molar refractivity (Wildman–Crippen MR) is 146 cm³/mol. The Morgan fingerprint density at radius 3 is 2.30 bits per heavy atom. The van der Waals surface area contributed by atoms with E-state index >= 15 is 0 Å². The number of hydrogen-bond acceptors (Lipinski definition) is 6. The zero-order chi connectivity index (χ0) is 25.6. The summed E-state index contributed by atoms with van der Waals surface area (Å²) in [4.78, 5) is 26.3. The number of carbonyl (C=O) groups excluding carboxylic acids is 1. The lowest BCUT2D eigenvalue weighted by molar-refractivity contribution is -0.131. The SMILES string of the molecule is NC(=O)C1(N2CCCC2)CCN(c2ncnc3c(-c4ccc(Cl)cc4)c(-c4ccccc4Cl)nn23)CC1. The minimum atomic E-state index is -0.597. The van der Waals surface area contributed by atoms with Crippen molar-refractivity contribution in [2.75, 3.05) is 31.1 Å². The Balaban J connectivity index is 1.44. The molecule has 1 amide bonds. The van der Waals surface area contributed by atoms with E-state index < -0.39 is 5.54 Å². The maximum absolute atomic E-state index is 12.6. The zero-order valence-electron chi connectivity index (χ0n) is 20.3. The molecule has 10 heteroatoms. The number of fused-ring (bicyclic) bond motifs is 1. The van der Waals surface area contributed by atoms with Crippen LogP contribution in [0.3, 0.4) is 0 Å². The highest BCUT2D eigenvalue weighted by Gasteiger charge is 2.46. The lowest BCUT2D eigenvalue weighted by Gasteiger charge is -2.45. The van der Waals surface area contributed by atoms with Crippen molar-refractivity contribution in [3.8, 4) is 22.4 Å². The number of benzene rings is 2. The number of hydrogen-bond donors (Lipinski definition) is 1. The normalized spacial score (nSPS) is 17.9. The van der Waals surface area contributed by atoms with Crippen molar-refractivity contribution in [3.63, 3.8) is 0 Å². The highest BCUT2D eigenvalue weighted by atomic mass is 35.5. The van der Waals surface area contributed by atoms with Crippen LogP contribution in [0.4, 0.5) is 5.95 Å². The molecule has 0 saturated carbocycles. The van der Waals surface area contributed by atoms with Crippen LogP contribution in [0.25, 0.3) is 28.0 Å². The molecule has 0 atom stereocenters. The second-order valence-corrected chi connectivity index (χ2v) is 10.5. The van der Waals surface area contributed by atoms with Crippen LogP contribution in [0.5, 0.6) is 0 Å². The van der Waals surface area contributed by atoms with Gasteiger partial charge in [-0.15, -0.1) is 0 Å². The Morgan fingerprint density at radius 2 is 1.62 bits per heavy atom. The summed E-state index contributed by atoms with van der Waals surface area (Å²) < 4.78 is 1.79. The van der Waals surface area contributed by atoms with E-state index in [1.165, 1.54) is 0 Å². The standard InChI is InChI=1S/C27H27Cl2N7O/c28-19-9-7-18(8-10-19)22-23(20-5-1-2-6-21(20)29)33-36-24(22)31-17-32-26(36)34-15-11-27(12-16-34,25(30)37)35-13-3-4-14-35/h1-2,5-10,17H,3-4,11-16H2,(H2,30,37). The quantitative estimate of drug-likeness (QED) is 0.398. The Bertz CT molecular complexity index is 1460. The molecule has 2 aromatic heterocycles. The number of piperidine rings is 1. The lowest BCUT2D eigenvalue weighted by atomic mass is 9.85. The molecular weight excluding hydrogens is 509 g/mol. The van der Waals surface area contributed by atoms with Gasteiger partial charge < -0.3 is 10.6 Å². The number of primary amides is 1. The topological polar surface area (TPSA) is 92.7 Å². The molecule has 2 aliphatic rings. The van der Waals surface area contributed by atoms with Gasteiger partial charge in [-0.05, 0) is 62.5 Å². The molecule has 0 unspecified atom stereocenters. The monoisotopic (exact) mass is 535 g/mol. The molecule has 0 bridgehead atoms. The van der Waals surface area contributed by atoms with E-state index in [1.807, 2.05) is 48.5 Å². The Labute approximate surface area is 225 Å². The van der Waals surface area contributed by atoms with Crippen LogP contribution in [-0.2, 0) is 4.79 Å². The summed E-state index contributed by atoms with van der Waals surface area (Å²) in [6.45, 7) is 3.13. The summed E-state index contributed by atoms with van der Waals surface area (Å²) in [5.74, 6) is 0.449. The second kappa shape index (κ2) is 9.59. The molecule has 2 aliphatic heterocycles. The maximum atomic E-state index is 12.6. The second-order valence-electron chi connectivity index (χ2n) is 9.70. The summed E-state index contributed by atoms with van der Waals surface area (Å²) >= 11 is 12.8. The van der Waals surface area contributed by atoms with Crippen LogP contribution in [0.15, 0.2) is 54.9 Å². The van der Waals surface area contributed by atoms with Gasteiger partial charge >= 0.3 is 0 Å². The van der Waals surface area contributed by atoms with Crippen molar-refractivity contribution < 1.29 is 4.79 Å². The minimum absolute atomic E-state index is 0.230. The Kier molecular flexibility index (Phi) is 6.26. The van der Waals surface area contributed by atoms with Crippen molar-refractivity contribution >= 4 is 40.7 Å². The van der Waals surface area contributed by atoms with E-state index in [1.54, 1.807) is 10.8 Å². The van der Waals surface area contributed by atoms with Crippen molar-refractivity contribution in [1.29, 1.82) is 0 Å². The van der Waals surface area contributed by atoms with Gasteiger partial charge in [-0.3, -0.25) is 9.69 Å². The Morgan fingerprint density at radius 1 is 0.919 bits per heavy atom. The molecule has 8 nitrogen and oxygen atoms in total. The molecule has 0 aliphatic carbocycles. The minimum Gasteiger partial charge on any atom is -0.368 e. The van der Waals surface area contributed by atoms with Crippen LogP contribution in [0.2, 0.25) is 10.0 Å². The van der Waals surface area contributed by atoms with Crippen molar-refractivity contribution in [3.05, 3.63) is 64.9 Å². The first-order valence-corrected chi connectivity index (χ1v) is 13.3. The zero-order valence-corrected chi connectivity index (χ0v) is 21.8. The van der Waals surface area contributed by atoms with Gasteiger partial charge in [0.05, 0.1) is 10.6 Å². The van der Waals surface area contributed by atoms with Crippen LogP contribution < -0.4 is 10.6 Å². The van der Waals surface area contributed by atoms with Crippen molar-refractivity contribution in [1.82, 2.24) is 24.5 Å². The van der Waals surface area contributed by atoms with Crippen LogP contribution in [0, 0.1) is 0 Å². The molecule has 190 valence electrons. The highest BCUT2D eigenvalue weighted by molar-refractivity contribution is 6.33. The fourth-order valence-electron chi connectivity index (χ4n) is 5.74. The fraction of sp³-hybridized carbons (Fsp3) is 0.333. The van der Waals surface area contributed by atoms with Gasteiger partial charge in [0.25, 0.3) is 0 Å². The van der Waals surface area contributed by atoms with Gasteiger partial charge in [-0.25, -0.2) is 9.97 Å². The molecule has 37 heavy (non-hydrogen) atoms. The molecule has 0 radical (unpaired) electrons. The van der Waals surface area contributed by atoms with Crippen LogP contribution in [-0.4, -0.2) is 62.1 Å². The van der Waals surface area contributed by atoms with E-state index in [2.05, 4.69) is 19.8 Å². The number of rotatable bonds is 5. The molecular formula is C27H27Cl2N7O. The van der Waals surface area contributed by atoms with Gasteiger partial charge in [0.1, 0.15) is 17.6 Å². The van der Waals surface area contributed by atoms with E-state index in [9.17, 15) is 4.79 Å². The molecule has 0 spiro atoms. The average Bonchev–Trinajstić information content (AvgIpc) is 3.58. The van der Waals surface area contributed by atoms with Gasteiger partial charge in [0.15, 0.2) is 5.65 Å². The summed E-state index contributed by atoms with van der Waals surface area (Å²) in [5, 5.41) is 6.25. The fourth-order valence-corrected chi connectivity index (χ4v) is 6.09. The predicted octanol–water partition coefficient (Wildman–Crippen LogP) is 4.69. The number of nitrogens with two attached hydrogens (primary N) is 1. The van der Waals surface area contributed by atoms with E-state index in [0.29, 0.717) is 47.6 Å². The van der Waals surface area contributed by atoms with Crippen molar-refractivity contribution in [2.45, 2.75) is 31.2 Å². The maximum Gasteiger partial charge on any atom is 0.238 e. The van der Waals surface area contributed by atoms with Crippen LogP contribution in [0.1, 0.15) is 25.7 Å². The molecule has 4 heterocycles. The summed E-state index contributed by atoms with van der Waals surface area (Å²) in [5.41, 5.74) is 9.36. The number of likely N-dealkylation sites (tertiary alicyclic amines) is 1. The summed E-state index contributed by atoms with van der Waals surface area (Å²) in [6, 6.07) is 15.3. The molecule has 6 rings (SSSR count). The molecule has 2 fully saturated rings. The first-order chi connectivity index (χ1) is 18.0. The number of nitrogens with zero attached hydrogens (tertiary/aromatic N) is 6. The van der Waals surface area contributed by atoms with Gasteiger partial charge in [0, 0.05) is 23.7 Å². The van der Waals surface area contributed by atoms with Crippen molar-refractivity contribution in [2.24, 2.45) is 5.73 Å². The van der Waals surface area contributed by atoms with E-state index in [-0.39, 0.29) is 5.91 Å². The average molecular weight is 536 g/mol. The van der Waals surface area contributed by atoms with E-state index in [4.69, 9.17) is 34.0 Å². The number of aromatic nitrogens is 4. The number of halogens is 2. The largest absolute Gasteiger partial charge is 0.368 e. The third kappa shape index (κ3) is 4.13. The van der Waals surface area contributed by atoms with Gasteiger partial charge in [-0.2, -0.15) is 9.61 Å². The molecule has 2 saturated heterocycles. The Hall–Kier alpha value is -3.20. The highest BCUT2D eigenvalue weighted by Crippen LogP contribution is 2.39. The molecule has 2 aromatic carbocycles. The molecule has 2 N–H and O–H groups in total. The third-order valence-corrected chi connectivity index (χ3v) is 8.29. The summed E-state index contributed by atoms with van der Waals surface area (Å²) in [7, 11) is 0. The van der Waals surface area contributed by atoms with Crippen LogP contribution >= 0.6 is 23.2 Å². The first kappa shape index (κ1) is 24.2. The van der Waals surface area contributed by atoms with Gasteiger partial charge in [0.2, 0.25) is 11.9 Å². The number of anilines is 1. The van der Waals surface area contributed by atoms with Gasteiger partial charge in [-0.1, -0.05) is 53.5 Å². The third-order valence-electron chi connectivity index (χ3n) is 7.71. The van der Waals surface area contributed by atoms with E-state index in [0.717, 1.165) is 48.3 Å². The number of amides is 1. The molecule has 4 aromatic rings.